The number of pyridine rings is 1. The van der Waals surface area contributed by atoms with Gasteiger partial charge in [0.05, 0.1) is 5.52 Å². The molecule has 0 saturated carbocycles. The number of nitrogens with two attached hydrogens (primary N) is 1. The second kappa shape index (κ2) is 7.03. The van der Waals surface area contributed by atoms with E-state index >= 15 is 0 Å². The van der Waals surface area contributed by atoms with E-state index in [0.717, 1.165) is 22.0 Å². The largest absolute Gasteiger partial charge is 0.460 e. The van der Waals surface area contributed by atoms with Crippen molar-refractivity contribution in [1.29, 1.82) is 0 Å². The van der Waals surface area contributed by atoms with Gasteiger partial charge in [-0.1, -0.05) is 48.5 Å². The molecule has 4 heteroatoms. The van der Waals surface area contributed by atoms with Gasteiger partial charge < -0.3 is 10.5 Å². The van der Waals surface area contributed by atoms with Crippen LogP contribution >= 0.6 is 0 Å². The van der Waals surface area contributed by atoms with Crippen molar-refractivity contribution in [3.63, 3.8) is 0 Å². The second-order valence-electron chi connectivity index (χ2n) is 5.44. The maximum absolute atomic E-state index is 12.0. The Morgan fingerprint density at radius 3 is 2.61 bits per heavy atom. The van der Waals surface area contributed by atoms with E-state index in [1.165, 1.54) is 0 Å². The van der Waals surface area contributed by atoms with Crippen LogP contribution in [0.3, 0.4) is 0 Å². The third kappa shape index (κ3) is 3.93. The molecule has 0 aliphatic carbocycles. The van der Waals surface area contributed by atoms with Gasteiger partial charge in [0.1, 0.15) is 12.6 Å². The third-order valence-electron chi connectivity index (χ3n) is 3.63. The second-order valence-corrected chi connectivity index (χ2v) is 5.44. The molecule has 1 aromatic heterocycles. The van der Waals surface area contributed by atoms with Crippen molar-refractivity contribution >= 4 is 16.9 Å². The van der Waals surface area contributed by atoms with E-state index in [1.54, 1.807) is 6.20 Å². The summed E-state index contributed by atoms with van der Waals surface area (Å²) in [4.78, 5) is 16.4. The molecule has 0 fully saturated rings. The zero-order chi connectivity index (χ0) is 16.1. The van der Waals surface area contributed by atoms with Crippen LogP contribution in [-0.2, 0) is 22.6 Å². The maximum Gasteiger partial charge on any atom is 0.323 e. The number of ether oxygens (including phenoxy) is 1. The molecule has 2 aromatic carbocycles. The first-order valence-corrected chi connectivity index (χ1v) is 7.52. The number of esters is 1. The standard InChI is InChI=1S/C19H18N2O2/c20-17(19(22)23-13-14-6-2-1-3-7-14)11-15-10-16-8-4-5-9-18(16)21-12-15/h1-10,12,17H,11,13,20H2. The molecule has 1 heterocycles. The van der Waals surface area contributed by atoms with E-state index in [9.17, 15) is 4.79 Å². The number of benzene rings is 2. The van der Waals surface area contributed by atoms with Gasteiger partial charge in [-0.15, -0.1) is 0 Å². The summed E-state index contributed by atoms with van der Waals surface area (Å²) in [5.74, 6) is -0.401. The molecule has 116 valence electrons. The van der Waals surface area contributed by atoms with Crippen molar-refractivity contribution in [3.05, 3.63) is 78.0 Å². The van der Waals surface area contributed by atoms with E-state index in [4.69, 9.17) is 10.5 Å². The van der Waals surface area contributed by atoms with Crippen molar-refractivity contribution in [2.75, 3.05) is 0 Å². The molecule has 0 amide bonds. The van der Waals surface area contributed by atoms with Gasteiger partial charge >= 0.3 is 5.97 Å². The molecule has 0 saturated heterocycles. The van der Waals surface area contributed by atoms with E-state index in [1.807, 2.05) is 60.7 Å². The number of aromatic nitrogens is 1. The molecule has 3 aromatic rings. The summed E-state index contributed by atoms with van der Waals surface area (Å²) < 4.78 is 5.27. The molecule has 0 bridgehead atoms. The van der Waals surface area contributed by atoms with Crippen molar-refractivity contribution in [2.45, 2.75) is 19.1 Å². The molecule has 2 N–H and O–H groups in total. The number of carbonyl (C=O) groups excluding carboxylic acids is 1. The summed E-state index contributed by atoms with van der Waals surface area (Å²) >= 11 is 0. The lowest BCUT2D eigenvalue weighted by Crippen LogP contribution is -2.34. The fourth-order valence-corrected chi connectivity index (χ4v) is 2.40. The van der Waals surface area contributed by atoms with Crippen molar-refractivity contribution in [2.24, 2.45) is 5.73 Å². The minimum Gasteiger partial charge on any atom is -0.460 e. The molecule has 0 aliphatic heterocycles. The number of rotatable bonds is 5. The normalized spacial score (nSPS) is 12.0. The molecule has 23 heavy (non-hydrogen) atoms. The molecule has 0 aliphatic rings. The van der Waals surface area contributed by atoms with Crippen LogP contribution in [0.5, 0.6) is 0 Å². The highest BCUT2D eigenvalue weighted by Gasteiger charge is 2.16. The van der Waals surface area contributed by atoms with Gasteiger partial charge in [0.15, 0.2) is 0 Å². The molecule has 1 unspecified atom stereocenters. The lowest BCUT2D eigenvalue weighted by molar-refractivity contribution is -0.146. The van der Waals surface area contributed by atoms with Gasteiger partial charge in [0.2, 0.25) is 0 Å². The average Bonchev–Trinajstić information content (AvgIpc) is 2.60. The maximum atomic E-state index is 12.0. The number of hydrogen-bond donors (Lipinski definition) is 1. The Morgan fingerprint density at radius 1 is 1.04 bits per heavy atom. The molecule has 4 nitrogen and oxygen atoms in total. The van der Waals surface area contributed by atoms with Crippen LogP contribution in [0.15, 0.2) is 66.9 Å². The smallest absolute Gasteiger partial charge is 0.323 e. The summed E-state index contributed by atoms with van der Waals surface area (Å²) in [6, 6.07) is 18.7. The lowest BCUT2D eigenvalue weighted by Gasteiger charge is -2.12. The highest BCUT2D eigenvalue weighted by Crippen LogP contribution is 2.14. The molecule has 0 radical (unpaired) electrons. The number of nitrogens with zero attached hydrogens (tertiary/aromatic N) is 1. The Kier molecular flexibility index (Phi) is 4.64. The SMILES string of the molecule is NC(Cc1cnc2ccccc2c1)C(=O)OCc1ccccc1. The number of fused-ring (bicyclic) bond motifs is 1. The summed E-state index contributed by atoms with van der Waals surface area (Å²) in [7, 11) is 0. The van der Waals surface area contributed by atoms with Crippen LogP contribution in [0.2, 0.25) is 0 Å². The van der Waals surface area contributed by atoms with E-state index in [0.29, 0.717) is 6.42 Å². The van der Waals surface area contributed by atoms with Crippen molar-refractivity contribution < 1.29 is 9.53 Å². The van der Waals surface area contributed by atoms with Gasteiger partial charge in [-0.2, -0.15) is 0 Å². The zero-order valence-corrected chi connectivity index (χ0v) is 12.7. The first kappa shape index (κ1) is 15.2. The Morgan fingerprint density at radius 2 is 1.78 bits per heavy atom. The van der Waals surface area contributed by atoms with Crippen LogP contribution in [0.1, 0.15) is 11.1 Å². The van der Waals surface area contributed by atoms with Crippen LogP contribution < -0.4 is 5.73 Å². The Balaban J connectivity index is 1.60. The van der Waals surface area contributed by atoms with Crippen LogP contribution in [0.4, 0.5) is 0 Å². The molecule has 3 rings (SSSR count). The Bertz CT molecular complexity index is 803. The topological polar surface area (TPSA) is 65.2 Å². The Labute approximate surface area is 134 Å². The van der Waals surface area contributed by atoms with E-state index in [2.05, 4.69) is 4.98 Å². The molecule has 1 atom stereocenters. The van der Waals surface area contributed by atoms with Gasteiger partial charge in [0.25, 0.3) is 0 Å². The summed E-state index contributed by atoms with van der Waals surface area (Å²) in [5, 5.41) is 1.04. The molecule has 0 spiro atoms. The van der Waals surface area contributed by atoms with Gasteiger partial charge in [-0.05, 0) is 29.7 Å². The van der Waals surface area contributed by atoms with Crippen molar-refractivity contribution in [3.8, 4) is 0 Å². The predicted octanol–water partition coefficient (Wildman–Crippen LogP) is 2.85. The molecular weight excluding hydrogens is 288 g/mol. The monoisotopic (exact) mass is 306 g/mol. The zero-order valence-electron chi connectivity index (χ0n) is 12.7. The first-order chi connectivity index (χ1) is 11.2. The lowest BCUT2D eigenvalue weighted by atomic mass is 10.1. The fourth-order valence-electron chi connectivity index (χ4n) is 2.40. The minimum absolute atomic E-state index is 0.239. The summed E-state index contributed by atoms with van der Waals surface area (Å²) in [6.45, 7) is 0.239. The van der Waals surface area contributed by atoms with E-state index < -0.39 is 12.0 Å². The Hall–Kier alpha value is -2.72. The quantitative estimate of drug-likeness (QED) is 0.736. The summed E-state index contributed by atoms with van der Waals surface area (Å²) in [6.07, 6.45) is 2.16. The average molecular weight is 306 g/mol. The number of hydrogen-bond acceptors (Lipinski definition) is 4. The minimum atomic E-state index is -0.693. The van der Waals surface area contributed by atoms with Gasteiger partial charge in [-0.25, -0.2) is 0 Å². The van der Waals surface area contributed by atoms with Crippen LogP contribution in [0.25, 0.3) is 10.9 Å². The fraction of sp³-hybridized carbons (Fsp3) is 0.158. The number of para-hydroxylation sites is 1. The van der Waals surface area contributed by atoms with Gasteiger partial charge in [-0.3, -0.25) is 9.78 Å². The highest BCUT2D eigenvalue weighted by molar-refractivity contribution is 5.79. The number of carbonyl (C=O) groups is 1. The van der Waals surface area contributed by atoms with Crippen LogP contribution in [-0.4, -0.2) is 17.0 Å². The third-order valence-corrected chi connectivity index (χ3v) is 3.63. The van der Waals surface area contributed by atoms with Gasteiger partial charge in [0, 0.05) is 11.6 Å². The van der Waals surface area contributed by atoms with E-state index in [-0.39, 0.29) is 6.61 Å². The van der Waals surface area contributed by atoms with Crippen molar-refractivity contribution in [1.82, 2.24) is 4.98 Å². The predicted molar refractivity (Wildman–Crippen MR) is 89.7 cm³/mol. The summed E-state index contributed by atoms with van der Waals surface area (Å²) in [5.41, 5.74) is 8.75. The highest BCUT2D eigenvalue weighted by atomic mass is 16.5. The van der Waals surface area contributed by atoms with Crippen LogP contribution in [0, 0.1) is 0 Å². The first-order valence-electron chi connectivity index (χ1n) is 7.52. The molecular formula is C19H18N2O2.